The first-order valence-electron chi connectivity index (χ1n) is 4.39. The number of carbonyl (C=O) groups is 1. The number of carbonyl (C=O) groups excluding carboxylic acids is 1. The van der Waals surface area contributed by atoms with Crippen molar-refractivity contribution < 1.29 is 9.53 Å². The minimum atomic E-state index is -0.212. The first-order chi connectivity index (χ1) is 7.13. The van der Waals surface area contributed by atoms with Crippen molar-refractivity contribution in [3.63, 3.8) is 0 Å². The lowest BCUT2D eigenvalue weighted by atomic mass is 10.3. The summed E-state index contributed by atoms with van der Waals surface area (Å²) in [4.78, 5) is 10.9. The molecule has 0 radical (unpaired) electrons. The van der Waals surface area contributed by atoms with Gasteiger partial charge in [-0.05, 0) is 34.1 Å². The predicted molar refractivity (Wildman–Crippen MR) is 67.0 cm³/mol. The van der Waals surface area contributed by atoms with Crippen LogP contribution in [0.2, 0.25) is 0 Å². The van der Waals surface area contributed by atoms with Gasteiger partial charge in [-0.3, -0.25) is 4.79 Å². The Morgan fingerprint density at radius 1 is 1.47 bits per heavy atom. The van der Waals surface area contributed by atoms with Crippen LogP contribution in [0.4, 0.5) is 5.69 Å². The molecule has 0 aliphatic rings. The van der Waals surface area contributed by atoms with Crippen molar-refractivity contribution in [3.8, 4) is 0 Å². The van der Waals surface area contributed by atoms with Gasteiger partial charge in [-0.15, -0.1) is 0 Å². The van der Waals surface area contributed by atoms with Gasteiger partial charge in [-0.2, -0.15) is 0 Å². The average Bonchev–Trinajstić information content (AvgIpc) is 2.21. The summed E-state index contributed by atoms with van der Waals surface area (Å²) >= 11 is 6.79. The summed E-state index contributed by atoms with van der Waals surface area (Å²) < 4.78 is 6.51. The second kappa shape index (κ2) is 6.12. The van der Waals surface area contributed by atoms with E-state index in [-0.39, 0.29) is 5.97 Å². The van der Waals surface area contributed by atoms with Gasteiger partial charge in [-0.1, -0.05) is 15.9 Å². The van der Waals surface area contributed by atoms with E-state index in [0.717, 1.165) is 14.6 Å². The van der Waals surface area contributed by atoms with Crippen LogP contribution in [0.3, 0.4) is 0 Å². The molecule has 1 aromatic carbocycles. The molecule has 3 nitrogen and oxygen atoms in total. The Kier molecular flexibility index (Phi) is 5.11. The molecule has 0 saturated carbocycles. The fourth-order valence-electron chi connectivity index (χ4n) is 1.03. The van der Waals surface area contributed by atoms with E-state index in [1.165, 1.54) is 7.11 Å². The average molecular weight is 337 g/mol. The summed E-state index contributed by atoms with van der Waals surface area (Å²) in [7, 11) is 1.39. The van der Waals surface area contributed by atoms with Gasteiger partial charge in [0, 0.05) is 21.2 Å². The number of halogens is 2. The Labute approximate surface area is 105 Å². The van der Waals surface area contributed by atoms with E-state index >= 15 is 0 Å². The van der Waals surface area contributed by atoms with Crippen LogP contribution in [0.15, 0.2) is 27.1 Å². The van der Waals surface area contributed by atoms with Crippen molar-refractivity contribution in [3.05, 3.63) is 27.1 Å². The number of hydrogen-bond donors (Lipinski definition) is 1. The summed E-state index contributed by atoms with van der Waals surface area (Å²) in [6, 6.07) is 5.82. The minimum absolute atomic E-state index is 0.212. The molecule has 0 unspecified atom stereocenters. The van der Waals surface area contributed by atoms with Gasteiger partial charge in [0.15, 0.2) is 0 Å². The summed E-state index contributed by atoms with van der Waals surface area (Å²) in [5, 5.41) is 3.14. The van der Waals surface area contributed by atoms with Crippen molar-refractivity contribution in [2.75, 3.05) is 19.0 Å². The van der Waals surface area contributed by atoms with Crippen LogP contribution in [-0.4, -0.2) is 19.6 Å². The number of ether oxygens (including phenoxy) is 1. The molecule has 82 valence electrons. The van der Waals surface area contributed by atoms with E-state index in [1.807, 2.05) is 18.2 Å². The van der Waals surface area contributed by atoms with Crippen molar-refractivity contribution in [1.29, 1.82) is 0 Å². The fraction of sp³-hybridized carbons (Fsp3) is 0.300. The third-order valence-electron chi connectivity index (χ3n) is 1.80. The molecule has 0 amide bonds. The van der Waals surface area contributed by atoms with Gasteiger partial charge in [0.1, 0.15) is 0 Å². The van der Waals surface area contributed by atoms with Crippen molar-refractivity contribution in [2.24, 2.45) is 0 Å². The quantitative estimate of drug-likeness (QED) is 0.858. The van der Waals surface area contributed by atoms with Crippen LogP contribution in [-0.2, 0) is 9.53 Å². The molecule has 0 aliphatic carbocycles. The second-order valence-electron chi connectivity index (χ2n) is 2.88. The maximum absolute atomic E-state index is 10.9. The van der Waals surface area contributed by atoms with Crippen molar-refractivity contribution >= 4 is 43.5 Å². The van der Waals surface area contributed by atoms with Crippen molar-refractivity contribution in [2.45, 2.75) is 6.42 Å². The standard InChI is InChI=1S/C10H11Br2NO2/c1-15-10(14)4-5-13-9-3-2-7(11)6-8(9)12/h2-3,6,13H,4-5H2,1H3. The lowest BCUT2D eigenvalue weighted by Crippen LogP contribution is -2.09. The highest BCUT2D eigenvalue weighted by atomic mass is 79.9. The molecule has 15 heavy (non-hydrogen) atoms. The zero-order chi connectivity index (χ0) is 11.3. The predicted octanol–water partition coefficient (Wildman–Crippen LogP) is 3.19. The molecular weight excluding hydrogens is 326 g/mol. The fourth-order valence-corrected chi connectivity index (χ4v) is 2.22. The van der Waals surface area contributed by atoms with Gasteiger partial charge >= 0.3 is 5.97 Å². The lowest BCUT2D eigenvalue weighted by Gasteiger charge is -2.07. The maximum Gasteiger partial charge on any atom is 0.307 e. The van der Waals surface area contributed by atoms with Crippen LogP contribution >= 0.6 is 31.9 Å². The van der Waals surface area contributed by atoms with E-state index in [2.05, 4.69) is 41.9 Å². The first kappa shape index (κ1) is 12.5. The molecule has 0 saturated heterocycles. The van der Waals surface area contributed by atoms with Crippen LogP contribution in [0.5, 0.6) is 0 Å². The summed E-state index contributed by atoms with van der Waals surface area (Å²) in [6.45, 7) is 0.562. The van der Waals surface area contributed by atoms with E-state index in [0.29, 0.717) is 13.0 Å². The Bertz CT molecular complexity index is 355. The normalized spacial score (nSPS) is 9.80. The first-order valence-corrected chi connectivity index (χ1v) is 5.98. The van der Waals surface area contributed by atoms with E-state index in [4.69, 9.17) is 0 Å². The molecule has 1 aromatic rings. The highest BCUT2D eigenvalue weighted by molar-refractivity contribution is 9.11. The summed E-state index contributed by atoms with van der Waals surface area (Å²) in [5.74, 6) is -0.212. The minimum Gasteiger partial charge on any atom is -0.469 e. The van der Waals surface area contributed by atoms with E-state index in [9.17, 15) is 4.79 Å². The van der Waals surface area contributed by atoms with Gasteiger partial charge in [-0.25, -0.2) is 0 Å². The zero-order valence-corrected chi connectivity index (χ0v) is 11.4. The van der Waals surface area contributed by atoms with Crippen LogP contribution in [0, 0.1) is 0 Å². The molecule has 0 aliphatic heterocycles. The molecule has 0 heterocycles. The number of nitrogens with one attached hydrogen (secondary N) is 1. The van der Waals surface area contributed by atoms with Gasteiger partial charge < -0.3 is 10.1 Å². The smallest absolute Gasteiger partial charge is 0.307 e. The Morgan fingerprint density at radius 2 is 2.20 bits per heavy atom. The maximum atomic E-state index is 10.9. The van der Waals surface area contributed by atoms with E-state index < -0.39 is 0 Å². The third-order valence-corrected chi connectivity index (χ3v) is 2.95. The SMILES string of the molecule is COC(=O)CCNc1ccc(Br)cc1Br. The number of hydrogen-bond acceptors (Lipinski definition) is 3. The van der Waals surface area contributed by atoms with Crippen LogP contribution in [0.1, 0.15) is 6.42 Å². The van der Waals surface area contributed by atoms with Gasteiger partial charge in [0.2, 0.25) is 0 Å². The number of methoxy groups -OCH3 is 1. The largest absolute Gasteiger partial charge is 0.469 e. The van der Waals surface area contributed by atoms with Gasteiger partial charge in [0.05, 0.1) is 13.5 Å². The Hall–Kier alpha value is -0.550. The molecule has 1 rings (SSSR count). The molecule has 5 heteroatoms. The van der Waals surface area contributed by atoms with Crippen LogP contribution in [0.25, 0.3) is 0 Å². The second-order valence-corrected chi connectivity index (χ2v) is 4.65. The highest BCUT2D eigenvalue weighted by Crippen LogP contribution is 2.25. The number of rotatable bonds is 4. The molecular formula is C10H11Br2NO2. The number of benzene rings is 1. The Morgan fingerprint density at radius 3 is 2.80 bits per heavy atom. The van der Waals surface area contributed by atoms with Gasteiger partial charge in [0.25, 0.3) is 0 Å². The van der Waals surface area contributed by atoms with E-state index in [1.54, 1.807) is 0 Å². The molecule has 0 fully saturated rings. The summed E-state index contributed by atoms with van der Waals surface area (Å²) in [5.41, 5.74) is 0.960. The van der Waals surface area contributed by atoms with Crippen molar-refractivity contribution in [1.82, 2.24) is 0 Å². The van der Waals surface area contributed by atoms with Crippen LogP contribution < -0.4 is 5.32 Å². The highest BCUT2D eigenvalue weighted by Gasteiger charge is 2.02. The number of esters is 1. The molecule has 0 spiro atoms. The lowest BCUT2D eigenvalue weighted by molar-refractivity contribution is -0.140. The monoisotopic (exact) mass is 335 g/mol. The molecule has 0 bridgehead atoms. The zero-order valence-electron chi connectivity index (χ0n) is 8.22. The molecule has 0 atom stereocenters. The number of anilines is 1. The molecule has 0 aromatic heterocycles. The molecule has 1 N–H and O–H groups in total. The third kappa shape index (κ3) is 4.22. The topological polar surface area (TPSA) is 38.3 Å². The Balaban J connectivity index is 2.47. The summed E-state index contributed by atoms with van der Waals surface area (Å²) in [6.07, 6.45) is 0.360.